The van der Waals surface area contributed by atoms with Crippen LogP contribution in [-0.4, -0.2) is 43.8 Å². The molecule has 1 fully saturated rings. The summed E-state index contributed by atoms with van der Waals surface area (Å²) in [5, 5.41) is 13.1. The van der Waals surface area contributed by atoms with Crippen LogP contribution in [0.15, 0.2) is 36.7 Å². The number of carbonyl (C=O) groups is 2. The van der Waals surface area contributed by atoms with Gasteiger partial charge in [0.15, 0.2) is 5.82 Å². The smallest absolute Gasteiger partial charge is 0.259 e. The lowest BCUT2D eigenvalue weighted by Gasteiger charge is -2.12. The molecule has 4 rings (SSSR count). The maximum atomic E-state index is 14.5. The number of amides is 2. The lowest BCUT2D eigenvalue weighted by atomic mass is 10.0. The first kappa shape index (κ1) is 21.5. The Kier molecular flexibility index (Phi) is 5.68. The van der Waals surface area contributed by atoms with Crippen LogP contribution < -0.4 is 10.6 Å². The summed E-state index contributed by atoms with van der Waals surface area (Å²) in [5.41, 5.74) is 0.637. The molecule has 2 amide bonds. The summed E-state index contributed by atoms with van der Waals surface area (Å²) in [6.45, 7) is 5.50. The number of hydrogen-bond donors (Lipinski definition) is 2. The van der Waals surface area contributed by atoms with Crippen LogP contribution in [0.3, 0.4) is 0 Å². The number of halogens is 2. The minimum atomic E-state index is -1.07. The van der Waals surface area contributed by atoms with Crippen LogP contribution in [-0.2, 0) is 0 Å². The highest BCUT2D eigenvalue weighted by molar-refractivity contribution is 6.06. The highest BCUT2D eigenvalue weighted by Crippen LogP contribution is 2.26. The van der Waals surface area contributed by atoms with Crippen molar-refractivity contribution in [3.63, 3.8) is 0 Å². The zero-order valence-electron chi connectivity index (χ0n) is 17.8. The number of rotatable bonds is 6. The van der Waals surface area contributed by atoms with Gasteiger partial charge in [-0.3, -0.25) is 9.59 Å². The van der Waals surface area contributed by atoms with Crippen molar-refractivity contribution in [3.05, 3.63) is 59.2 Å². The molecule has 2 N–H and O–H groups in total. The van der Waals surface area contributed by atoms with Gasteiger partial charge in [-0.15, -0.1) is 10.2 Å². The Balaban J connectivity index is 1.57. The van der Waals surface area contributed by atoms with Gasteiger partial charge in [0.25, 0.3) is 11.8 Å². The topological polar surface area (TPSA) is 102 Å². The Morgan fingerprint density at radius 2 is 1.94 bits per heavy atom. The van der Waals surface area contributed by atoms with Crippen LogP contribution in [0.25, 0.3) is 11.5 Å². The molecule has 2 unspecified atom stereocenters. The van der Waals surface area contributed by atoms with E-state index in [4.69, 9.17) is 0 Å². The molecule has 166 valence electrons. The lowest BCUT2D eigenvalue weighted by molar-refractivity contribution is 0.0947. The van der Waals surface area contributed by atoms with Crippen LogP contribution in [0.5, 0.6) is 0 Å². The Hall–Kier alpha value is -3.69. The van der Waals surface area contributed by atoms with E-state index in [9.17, 15) is 18.4 Å². The minimum absolute atomic E-state index is 0.106. The number of aryl methyl sites for hydroxylation is 1. The number of pyridine rings is 1. The molecule has 1 aromatic carbocycles. The molecule has 0 saturated heterocycles. The molecule has 8 nitrogen and oxygen atoms in total. The lowest BCUT2D eigenvalue weighted by Crippen LogP contribution is -2.28. The third-order valence-corrected chi connectivity index (χ3v) is 5.18. The third-order valence-electron chi connectivity index (χ3n) is 5.18. The van der Waals surface area contributed by atoms with E-state index in [1.54, 1.807) is 31.5 Å². The standard InChI is InChI=1S/C22H22F2N6O2/c1-11(2)30-10-25-29-20(30)17-5-4-6-19(26-17)28-22(32)14-8-13(12(3)7-15(14)23)21(31)27-18-9-16(18)24/h4-8,10-11,16,18H,9H2,1-3H3,(H,27,31)(H,26,28,32). The van der Waals surface area contributed by atoms with Crippen LogP contribution in [0, 0.1) is 12.7 Å². The summed E-state index contributed by atoms with van der Waals surface area (Å²) in [5.74, 6) is -1.36. The zero-order valence-corrected chi connectivity index (χ0v) is 17.8. The number of anilines is 1. The summed E-state index contributed by atoms with van der Waals surface area (Å²) < 4.78 is 29.5. The molecule has 10 heteroatoms. The van der Waals surface area contributed by atoms with E-state index in [-0.39, 0.29) is 29.4 Å². The second-order valence-corrected chi connectivity index (χ2v) is 8.00. The molecule has 1 aliphatic rings. The van der Waals surface area contributed by atoms with Crippen LogP contribution >= 0.6 is 0 Å². The van der Waals surface area contributed by atoms with Gasteiger partial charge < -0.3 is 15.2 Å². The maximum absolute atomic E-state index is 14.5. The Morgan fingerprint density at radius 1 is 1.19 bits per heavy atom. The minimum Gasteiger partial charge on any atom is -0.346 e. The highest BCUT2D eigenvalue weighted by Gasteiger charge is 2.39. The molecular formula is C22H22F2N6O2. The van der Waals surface area contributed by atoms with E-state index < -0.39 is 29.8 Å². The quantitative estimate of drug-likeness (QED) is 0.611. The van der Waals surface area contributed by atoms with Gasteiger partial charge >= 0.3 is 0 Å². The first-order valence-corrected chi connectivity index (χ1v) is 10.2. The summed E-state index contributed by atoms with van der Waals surface area (Å²) in [4.78, 5) is 29.6. The molecule has 0 spiro atoms. The van der Waals surface area contributed by atoms with Gasteiger partial charge in [0, 0.05) is 18.0 Å². The van der Waals surface area contributed by atoms with Crippen molar-refractivity contribution in [3.8, 4) is 11.5 Å². The average Bonchev–Trinajstić information content (AvgIpc) is 3.22. The zero-order chi connectivity index (χ0) is 23.0. The largest absolute Gasteiger partial charge is 0.346 e. The van der Waals surface area contributed by atoms with Gasteiger partial charge in [-0.05, 0) is 50.6 Å². The van der Waals surface area contributed by atoms with Crippen molar-refractivity contribution >= 4 is 17.6 Å². The number of alkyl halides is 1. The first-order valence-electron chi connectivity index (χ1n) is 10.2. The number of nitrogens with one attached hydrogen (secondary N) is 2. The van der Waals surface area contributed by atoms with Crippen molar-refractivity contribution in [1.82, 2.24) is 25.1 Å². The molecular weight excluding hydrogens is 418 g/mol. The van der Waals surface area contributed by atoms with Gasteiger partial charge in [0.05, 0.1) is 11.6 Å². The third kappa shape index (κ3) is 4.34. The molecule has 1 saturated carbocycles. The highest BCUT2D eigenvalue weighted by atomic mass is 19.1. The summed E-state index contributed by atoms with van der Waals surface area (Å²) >= 11 is 0. The molecule has 0 bridgehead atoms. The number of aromatic nitrogens is 4. The molecule has 1 aliphatic carbocycles. The van der Waals surface area contributed by atoms with E-state index in [1.807, 2.05) is 18.4 Å². The molecule has 0 radical (unpaired) electrons. The molecule has 2 heterocycles. The predicted molar refractivity (Wildman–Crippen MR) is 113 cm³/mol. The molecule has 2 atom stereocenters. The first-order chi connectivity index (χ1) is 15.2. The van der Waals surface area contributed by atoms with Crippen molar-refractivity contribution in [2.24, 2.45) is 0 Å². The van der Waals surface area contributed by atoms with Gasteiger partial charge in [-0.2, -0.15) is 0 Å². The predicted octanol–water partition coefficient (Wildman–Crippen LogP) is 3.46. The fourth-order valence-corrected chi connectivity index (χ4v) is 3.27. The van der Waals surface area contributed by atoms with Crippen LogP contribution in [0.1, 0.15) is 52.6 Å². The Morgan fingerprint density at radius 3 is 2.62 bits per heavy atom. The van der Waals surface area contributed by atoms with E-state index >= 15 is 0 Å². The Labute approximate surface area is 183 Å². The van der Waals surface area contributed by atoms with Gasteiger partial charge in [-0.25, -0.2) is 13.8 Å². The fourth-order valence-electron chi connectivity index (χ4n) is 3.27. The second-order valence-electron chi connectivity index (χ2n) is 8.00. The molecule has 0 aliphatic heterocycles. The maximum Gasteiger partial charge on any atom is 0.259 e. The van der Waals surface area contributed by atoms with E-state index in [0.717, 1.165) is 6.07 Å². The van der Waals surface area contributed by atoms with Crippen molar-refractivity contribution < 1.29 is 18.4 Å². The van der Waals surface area contributed by atoms with Crippen LogP contribution in [0.2, 0.25) is 0 Å². The summed E-state index contributed by atoms with van der Waals surface area (Å²) in [6, 6.07) is 6.82. The van der Waals surface area contributed by atoms with Gasteiger partial charge in [-0.1, -0.05) is 6.07 Å². The number of benzene rings is 1. The van der Waals surface area contributed by atoms with Crippen molar-refractivity contribution in [2.45, 2.75) is 45.4 Å². The van der Waals surface area contributed by atoms with Crippen molar-refractivity contribution in [1.29, 1.82) is 0 Å². The Bertz CT molecular complexity index is 1190. The number of nitrogens with zero attached hydrogens (tertiary/aromatic N) is 4. The fraction of sp³-hybridized carbons (Fsp3) is 0.318. The average molecular weight is 440 g/mol. The van der Waals surface area contributed by atoms with Crippen molar-refractivity contribution in [2.75, 3.05) is 5.32 Å². The normalized spacial score (nSPS) is 17.3. The van der Waals surface area contributed by atoms with E-state index in [0.29, 0.717) is 17.1 Å². The summed E-state index contributed by atoms with van der Waals surface area (Å²) in [6.07, 6.45) is 0.780. The SMILES string of the molecule is Cc1cc(F)c(C(=O)Nc2cccc(-c3nncn3C(C)C)n2)cc1C(=O)NC1CC1F. The van der Waals surface area contributed by atoms with Gasteiger partial charge in [0.1, 0.15) is 29.8 Å². The van der Waals surface area contributed by atoms with Crippen LogP contribution in [0.4, 0.5) is 14.6 Å². The van der Waals surface area contributed by atoms with Gasteiger partial charge in [0.2, 0.25) is 0 Å². The number of carbonyl (C=O) groups excluding carboxylic acids is 2. The summed E-state index contributed by atoms with van der Waals surface area (Å²) in [7, 11) is 0. The monoisotopic (exact) mass is 440 g/mol. The molecule has 2 aromatic heterocycles. The molecule has 3 aromatic rings. The molecule has 32 heavy (non-hydrogen) atoms. The second kappa shape index (κ2) is 8.45. The number of hydrogen-bond acceptors (Lipinski definition) is 5. The van der Waals surface area contributed by atoms with E-state index in [2.05, 4.69) is 25.8 Å². The van der Waals surface area contributed by atoms with E-state index in [1.165, 1.54) is 6.07 Å².